The molecule has 0 radical (unpaired) electrons. The lowest BCUT2D eigenvalue weighted by molar-refractivity contribution is 0.0870. The van der Waals surface area contributed by atoms with Crippen molar-refractivity contribution in [3.05, 3.63) is 54.6 Å². The summed E-state index contributed by atoms with van der Waals surface area (Å²) >= 11 is 0. The van der Waals surface area contributed by atoms with E-state index in [4.69, 9.17) is 4.98 Å². The summed E-state index contributed by atoms with van der Waals surface area (Å²) in [4.78, 5) is 28.3. The van der Waals surface area contributed by atoms with E-state index >= 15 is 0 Å². The Kier molecular flexibility index (Phi) is 6.56. The summed E-state index contributed by atoms with van der Waals surface area (Å²) in [5.41, 5.74) is 2.95. The molecule has 2 aliphatic rings. The molecular weight excluding hydrogens is 526 g/mol. The number of carbonyl (C=O) groups excluding carboxylic acids is 1. The topological polar surface area (TPSA) is 123 Å². The first-order valence-corrected chi connectivity index (χ1v) is 15.7. The van der Waals surface area contributed by atoms with Crippen molar-refractivity contribution in [3.63, 3.8) is 0 Å². The van der Waals surface area contributed by atoms with Crippen LogP contribution in [0.3, 0.4) is 0 Å². The lowest BCUT2D eigenvalue weighted by Crippen LogP contribution is -2.57. The van der Waals surface area contributed by atoms with Crippen LogP contribution in [-0.4, -0.2) is 63.7 Å². The van der Waals surface area contributed by atoms with Crippen LogP contribution in [0.25, 0.3) is 22.2 Å². The van der Waals surface area contributed by atoms with E-state index in [-0.39, 0.29) is 29.5 Å². The van der Waals surface area contributed by atoms with E-state index in [1.807, 2.05) is 12.3 Å². The second kappa shape index (κ2) is 9.96. The number of pyridine rings is 1. The molecule has 0 spiro atoms. The van der Waals surface area contributed by atoms with Gasteiger partial charge in [-0.2, -0.15) is 5.10 Å². The predicted octanol–water partition coefficient (Wildman–Crippen LogP) is 4.67. The number of benzene rings is 1. The van der Waals surface area contributed by atoms with Crippen LogP contribution < -0.4 is 10.2 Å². The number of nitrogens with zero attached hydrogens (tertiary/aromatic N) is 6. The fourth-order valence-electron chi connectivity index (χ4n) is 5.43. The van der Waals surface area contributed by atoms with Crippen LogP contribution in [0.2, 0.25) is 0 Å². The predicted molar refractivity (Wildman–Crippen MR) is 156 cm³/mol. The summed E-state index contributed by atoms with van der Waals surface area (Å²) < 4.78 is 25.1. The average Bonchev–Trinajstić information content (AvgIpc) is 3.65. The van der Waals surface area contributed by atoms with Gasteiger partial charge in [0, 0.05) is 60.3 Å². The Hall–Kier alpha value is -3.86. The zero-order valence-corrected chi connectivity index (χ0v) is 23.9. The summed E-state index contributed by atoms with van der Waals surface area (Å²) in [5.74, 6) is 2.44. The molecule has 1 saturated heterocycles. The van der Waals surface area contributed by atoms with Gasteiger partial charge in [0.25, 0.3) is 0 Å². The maximum atomic E-state index is 12.3. The zero-order chi connectivity index (χ0) is 28.2. The maximum Gasteiger partial charge on any atom is 0.249 e. The Morgan fingerprint density at radius 3 is 2.60 bits per heavy atom. The standard InChI is InChI=1S/C29H33N7O3S/c1-17(2)22-7-8-25(35-14-21(18(35)3)16-40(4,38)39)24-13-31-27(11-23(22)24)33-26-9-10-30-28(34-26)20-12-32-36(15-20)29(37)19-5-6-19/h7-13,15,17-19,21H,5-6,14,16H2,1-4H3,(H,30,31,33,34)/t18-,21-/m1/s1. The molecule has 0 amide bonds. The maximum absolute atomic E-state index is 12.3. The minimum Gasteiger partial charge on any atom is -0.368 e. The summed E-state index contributed by atoms with van der Waals surface area (Å²) in [5, 5.41) is 9.66. The number of nitrogens with one attached hydrogen (secondary N) is 1. The molecule has 1 aliphatic carbocycles. The molecule has 10 nitrogen and oxygen atoms in total. The SMILES string of the molecule is CC(C)c1ccc(N2C[C@H](CS(C)(=O)=O)[C@H]2C)c2cnc(Nc3ccnc(-c4cnn(C(=O)C5CC5)c4)n3)cc12. The van der Waals surface area contributed by atoms with Crippen molar-refractivity contribution in [2.45, 2.75) is 45.6 Å². The molecule has 0 bridgehead atoms. The van der Waals surface area contributed by atoms with Gasteiger partial charge in [-0.25, -0.2) is 28.1 Å². The van der Waals surface area contributed by atoms with Gasteiger partial charge in [0.05, 0.1) is 17.5 Å². The highest BCUT2D eigenvalue weighted by Gasteiger charge is 2.38. The molecule has 1 aliphatic heterocycles. The van der Waals surface area contributed by atoms with Crippen LogP contribution in [0.15, 0.2) is 49.1 Å². The molecule has 1 saturated carbocycles. The highest BCUT2D eigenvalue weighted by atomic mass is 32.2. The molecule has 1 aromatic carbocycles. The average molecular weight is 560 g/mol. The molecule has 3 aromatic heterocycles. The minimum absolute atomic E-state index is 0.0137. The largest absolute Gasteiger partial charge is 0.368 e. The fraction of sp³-hybridized carbons (Fsp3) is 0.414. The third kappa shape index (κ3) is 5.17. The first-order valence-electron chi connectivity index (χ1n) is 13.6. The Balaban J connectivity index is 1.27. The van der Waals surface area contributed by atoms with Crippen LogP contribution >= 0.6 is 0 Å². The van der Waals surface area contributed by atoms with Crippen LogP contribution in [0.5, 0.6) is 0 Å². The Morgan fingerprint density at radius 2 is 1.90 bits per heavy atom. The zero-order valence-electron chi connectivity index (χ0n) is 23.1. The van der Waals surface area contributed by atoms with E-state index in [0.717, 1.165) is 29.3 Å². The second-order valence-corrected chi connectivity index (χ2v) is 13.6. The lowest BCUT2D eigenvalue weighted by atomic mass is 9.88. The third-order valence-electron chi connectivity index (χ3n) is 7.87. The summed E-state index contributed by atoms with van der Waals surface area (Å²) in [6, 6.07) is 8.24. The summed E-state index contributed by atoms with van der Waals surface area (Å²) in [6.45, 7) is 7.13. The molecule has 6 rings (SSSR count). The van der Waals surface area contributed by atoms with Crippen molar-refractivity contribution in [1.29, 1.82) is 0 Å². The second-order valence-electron chi connectivity index (χ2n) is 11.4. The van der Waals surface area contributed by atoms with Crippen molar-refractivity contribution in [2.24, 2.45) is 11.8 Å². The Bertz CT molecular complexity index is 1710. The highest BCUT2D eigenvalue weighted by Crippen LogP contribution is 2.39. The molecule has 4 aromatic rings. The summed E-state index contributed by atoms with van der Waals surface area (Å²) in [7, 11) is -3.02. The number of carbonyl (C=O) groups is 1. The number of sulfone groups is 1. The van der Waals surface area contributed by atoms with Crippen LogP contribution in [0, 0.1) is 11.8 Å². The van der Waals surface area contributed by atoms with Crippen molar-refractivity contribution < 1.29 is 13.2 Å². The molecule has 4 heterocycles. The molecule has 0 unspecified atom stereocenters. The van der Waals surface area contributed by atoms with Crippen molar-refractivity contribution in [1.82, 2.24) is 24.7 Å². The molecule has 1 N–H and O–H groups in total. The van der Waals surface area contributed by atoms with Crippen molar-refractivity contribution in [2.75, 3.05) is 28.8 Å². The van der Waals surface area contributed by atoms with E-state index < -0.39 is 9.84 Å². The summed E-state index contributed by atoms with van der Waals surface area (Å²) in [6.07, 6.45) is 9.99. The van der Waals surface area contributed by atoms with E-state index in [2.05, 4.69) is 58.2 Å². The van der Waals surface area contributed by atoms with Gasteiger partial charge in [-0.1, -0.05) is 19.9 Å². The number of fused-ring (bicyclic) bond motifs is 1. The van der Waals surface area contributed by atoms with Crippen LogP contribution in [0.1, 0.15) is 49.9 Å². The van der Waals surface area contributed by atoms with Gasteiger partial charge < -0.3 is 10.2 Å². The van der Waals surface area contributed by atoms with Crippen molar-refractivity contribution >= 4 is 43.8 Å². The molecule has 2 fully saturated rings. The molecule has 11 heteroatoms. The first kappa shape index (κ1) is 26.4. The third-order valence-corrected chi connectivity index (χ3v) is 8.90. The quantitative estimate of drug-likeness (QED) is 0.328. The molecule has 40 heavy (non-hydrogen) atoms. The minimum atomic E-state index is -3.02. The number of rotatable bonds is 8. The highest BCUT2D eigenvalue weighted by molar-refractivity contribution is 7.90. The van der Waals surface area contributed by atoms with Gasteiger partial charge in [0.15, 0.2) is 5.82 Å². The fourth-order valence-corrected chi connectivity index (χ4v) is 6.59. The Morgan fingerprint density at radius 1 is 1.10 bits per heavy atom. The van der Waals surface area contributed by atoms with E-state index in [9.17, 15) is 13.2 Å². The van der Waals surface area contributed by atoms with Gasteiger partial charge in [0.1, 0.15) is 21.5 Å². The van der Waals surface area contributed by atoms with E-state index in [1.54, 1.807) is 24.7 Å². The molecule has 208 valence electrons. The van der Waals surface area contributed by atoms with E-state index in [0.29, 0.717) is 35.5 Å². The van der Waals surface area contributed by atoms with E-state index in [1.165, 1.54) is 16.5 Å². The number of anilines is 3. The van der Waals surface area contributed by atoms with Crippen LogP contribution in [-0.2, 0) is 9.84 Å². The van der Waals surface area contributed by atoms with Crippen LogP contribution in [0.4, 0.5) is 17.3 Å². The monoisotopic (exact) mass is 559 g/mol. The number of hydrogen-bond acceptors (Lipinski definition) is 9. The van der Waals surface area contributed by atoms with Gasteiger partial charge in [-0.15, -0.1) is 0 Å². The van der Waals surface area contributed by atoms with Gasteiger partial charge in [-0.3, -0.25) is 4.79 Å². The van der Waals surface area contributed by atoms with Gasteiger partial charge >= 0.3 is 0 Å². The van der Waals surface area contributed by atoms with Crippen molar-refractivity contribution in [3.8, 4) is 11.4 Å². The van der Waals surface area contributed by atoms with Gasteiger partial charge in [0.2, 0.25) is 5.91 Å². The smallest absolute Gasteiger partial charge is 0.249 e. The number of hydrogen-bond donors (Lipinski definition) is 1. The normalized spacial score (nSPS) is 19.2. The molecular formula is C29H33N7O3S. The first-order chi connectivity index (χ1) is 19.1. The number of aromatic nitrogens is 5. The lowest BCUT2D eigenvalue weighted by Gasteiger charge is -2.48. The Labute approximate surface area is 233 Å². The molecule has 2 atom stereocenters. The van der Waals surface area contributed by atoms with Gasteiger partial charge in [-0.05, 0) is 54.8 Å².